The minimum Gasteiger partial charge on any atom is -0.389 e. The molecule has 1 amide bonds. The van der Waals surface area contributed by atoms with Crippen LogP contribution in [-0.4, -0.2) is 41.7 Å². The zero-order valence-electron chi connectivity index (χ0n) is 13.2. The summed E-state index contributed by atoms with van der Waals surface area (Å²) in [7, 11) is 1.71. The number of amides is 1. The quantitative estimate of drug-likeness (QED) is 0.841. The maximum Gasteiger partial charge on any atom is 0.253 e. The molecule has 0 aromatic heterocycles. The third kappa shape index (κ3) is 4.85. The summed E-state index contributed by atoms with van der Waals surface area (Å²) in [6, 6.07) is 5.66. The van der Waals surface area contributed by atoms with Crippen LogP contribution >= 0.6 is 0 Å². The molecule has 0 saturated heterocycles. The van der Waals surface area contributed by atoms with Crippen molar-refractivity contribution in [1.29, 1.82) is 0 Å². The summed E-state index contributed by atoms with van der Waals surface area (Å²) in [6.45, 7) is 8.73. The van der Waals surface area contributed by atoms with Gasteiger partial charge in [0.2, 0.25) is 0 Å². The standard InChI is InChI=1S/C16H26N2O2/c1-6-9-17-14-8-7-13(10-12(14)2)15(19)18(5)11-16(3,4)20/h7-8,10,17,20H,6,9,11H2,1-5H3. The maximum absolute atomic E-state index is 12.3. The summed E-state index contributed by atoms with van der Waals surface area (Å²) < 4.78 is 0. The number of hydrogen-bond acceptors (Lipinski definition) is 3. The maximum atomic E-state index is 12.3. The molecule has 1 aromatic rings. The van der Waals surface area contributed by atoms with Crippen LogP contribution in [0.4, 0.5) is 5.69 Å². The Morgan fingerprint density at radius 1 is 1.40 bits per heavy atom. The molecule has 0 saturated carbocycles. The molecule has 0 unspecified atom stereocenters. The first-order valence-corrected chi connectivity index (χ1v) is 7.07. The van der Waals surface area contributed by atoms with E-state index in [1.54, 1.807) is 25.8 Å². The summed E-state index contributed by atoms with van der Waals surface area (Å²) >= 11 is 0. The van der Waals surface area contributed by atoms with E-state index < -0.39 is 5.60 Å². The van der Waals surface area contributed by atoms with Crippen LogP contribution in [0.5, 0.6) is 0 Å². The first kappa shape index (κ1) is 16.5. The van der Waals surface area contributed by atoms with Gasteiger partial charge in [-0.15, -0.1) is 0 Å². The van der Waals surface area contributed by atoms with Crippen LogP contribution < -0.4 is 5.32 Å². The Bertz CT molecular complexity index is 464. The second-order valence-electron chi connectivity index (χ2n) is 5.93. The zero-order chi connectivity index (χ0) is 15.3. The number of aryl methyl sites for hydroxylation is 1. The SMILES string of the molecule is CCCNc1ccc(C(=O)N(C)CC(C)(C)O)cc1C. The number of carbonyl (C=O) groups excluding carboxylic acids is 1. The Labute approximate surface area is 121 Å². The number of rotatable bonds is 6. The van der Waals surface area contributed by atoms with Gasteiger partial charge in [0.05, 0.1) is 5.60 Å². The van der Waals surface area contributed by atoms with Gasteiger partial charge in [-0.3, -0.25) is 4.79 Å². The van der Waals surface area contributed by atoms with Crippen molar-refractivity contribution in [2.75, 3.05) is 25.5 Å². The lowest BCUT2D eigenvalue weighted by Crippen LogP contribution is -2.39. The molecule has 0 atom stereocenters. The van der Waals surface area contributed by atoms with Gasteiger partial charge in [-0.05, 0) is 51.0 Å². The van der Waals surface area contributed by atoms with Crippen LogP contribution in [0.3, 0.4) is 0 Å². The lowest BCUT2D eigenvalue weighted by Gasteiger charge is -2.25. The smallest absolute Gasteiger partial charge is 0.253 e. The molecule has 20 heavy (non-hydrogen) atoms. The van der Waals surface area contributed by atoms with E-state index in [2.05, 4.69) is 12.2 Å². The van der Waals surface area contributed by atoms with E-state index in [-0.39, 0.29) is 5.91 Å². The van der Waals surface area contributed by atoms with Crippen LogP contribution in [-0.2, 0) is 0 Å². The largest absolute Gasteiger partial charge is 0.389 e. The molecular formula is C16H26N2O2. The van der Waals surface area contributed by atoms with Gasteiger partial charge in [-0.2, -0.15) is 0 Å². The second-order valence-corrected chi connectivity index (χ2v) is 5.93. The average molecular weight is 278 g/mol. The van der Waals surface area contributed by atoms with E-state index in [9.17, 15) is 9.90 Å². The van der Waals surface area contributed by atoms with Gasteiger partial charge >= 0.3 is 0 Å². The fourth-order valence-corrected chi connectivity index (χ4v) is 2.13. The Kier molecular flexibility index (Phi) is 5.57. The summed E-state index contributed by atoms with van der Waals surface area (Å²) in [5, 5.41) is 13.1. The number of nitrogens with zero attached hydrogens (tertiary/aromatic N) is 1. The van der Waals surface area contributed by atoms with Gasteiger partial charge in [0.1, 0.15) is 0 Å². The minimum atomic E-state index is -0.887. The third-order valence-corrected chi connectivity index (χ3v) is 3.01. The molecule has 4 heteroatoms. The third-order valence-electron chi connectivity index (χ3n) is 3.01. The fraction of sp³-hybridized carbons (Fsp3) is 0.562. The van der Waals surface area contributed by atoms with Gasteiger partial charge in [0.15, 0.2) is 0 Å². The van der Waals surface area contributed by atoms with Crippen LogP contribution in [0.2, 0.25) is 0 Å². The van der Waals surface area contributed by atoms with Crippen molar-refractivity contribution in [2.45, 2.75) is 39.7 Å². The van der Waals surface area contributed by atoms with Crippen molar-refractivity contribution in [1.82, 2.24) is 4.90 Å². The zero-order valence-corrected chi connectivity index (χ0v) is 13.2. The first-order chi connectivity index (χ1) is 9.24. The molecule has 2 N–H and O–H groups in total. The normalized spacial score (nSPS) is 11.3. The lowest BCUT2D eigenvalue weighted by atomic mass is 10.1. The van der Waals surface area contributed by atoms with E-state index in [1.807, 2.05) is 25.1 Å². The van der Waals surface area contributed by atoms with E-state index in [4.69, 9.17) is 0 Å². The molecule has 0 spiro atoms. The topological polar surface area (TPSA) is 52.6 Å². The molecule has 4 nitrogen and oxygen atoms in total. The molecule has 1 aromatic carbocycles. The molecule has 0 bridgehead atoms. The predicted octanol–water partition coefficient (Wildman–Crippen LogP) is 2.66. The van der Waals surface area contributed by atoms with Gasteiger partial charge < -0.3 is 15.3 Å². The van der Waals surface area contributed by atoms with Crippen molar-refractivity contribution in [2.24, 2.45) is 0 Å². The number of nitrogens with one attached hydrogen (secondary N) is 1. The average Bonchev–Trinajstić information content (AvgIpc) is 2.34. The molecule has 0 radical (unpaired) electrons. The molecule has 112 valence electrons. The van der Waals surface area contributed by atoms with Crippen LogP contribution in [0, 0.1) is 6.92 Å². The summed E-state index contributed by atoms with van der Waals surface area (Å²) in [6.07, 6.45) is 1.06. The number of aliphatic hydroxyl groups is 1. The molecule has 0 heterocycles. The Hall–Kier alpha value is -1.55. The Balaban J connectivity index is 2.81. The molecule has 0 fully saturated rings. The Morgan fingerprint density at radius 2 is 2.05 bits per heavy atom. The van der Waals surface area contributed by atoms with Crippen molar-refractivity contribution < 1.29 is 9.90 Å². The highest BCUT2D eigenvalue weighted by Crippen LogP contribution is 2.18. The molecule has 0 aliphatic carbocycles. The van der Waals surface area contributed by atoms with E-state index in [1.165, 1.54) is 0 Å². The van der Waals surface area contributed by atoms with Gasteiger partial charge in [0.25, 0.3) is 5.91 Å². The number of likely N-dealkylation sites (N-methyl/N-ethyl adjacent to an activating group) is 1. The number of hydrogen-bond donors (Lipinski definition) is 2. The van der Waals surface area contributed by atoms with Crippen molar-refractivity contribution in [3.05, 3.63) is 29.3 Å². The van der Waals surface area contributed by atoms with Crippen LogP contribution in [0.1, 0.15) is 43.1 Å². The van der Waals surface area contributed by atoms with E-state index >= 15 is 0 Å². The summed E-state index contributed by atoms with van der Waals surface area (Å²) in [5.74, 6) is -0.0720. The van der Waals surface area contributed by atoms with Gasteiger partial charge in [-0.1, -0.05) is 6.92 Å². The summed E-state index contributed by atoms with van der Waals surface area (Å²) in [4.78, 5) is 13.8. The number of carbonyl (C=O) groups is 1. The first-order valence-electron chi connectivity index (χ1n) is 7.07. The van der Waals surface area contributed by atoms with E-state index in [0.29, 0.717) is 12.1 Å². The fourth-order valence-electron chi connectivity index (χ4n) is 2.13. The highest BCUT2D eigenvalue weighted by atomic mass is 16.3. The number of anilines is 1. The highest BCUT2D eigenvalue weighted by molar-refractivity contribution is 5.94. The van der Waals surface area contributed by atoms with Crippen molar-refractivity contribution >= 4 is 11.6 Å². The molecule has 0 aliphatic heterocycles. The monoisotopic (exact) mass is 278 g/mol. The molecular weight excluding hydrogens is 252 g/mol. The predicted molar refractivity (Wildman–Crippen MR) is 83.2 cm³/mol. The number of benzene rings is 1. The van der Waals surface area contributed by atoms with Gasteiger partial charge in [0, 0.05) is 31.4 Å². The summed E-state index contributed by atoms with van der Waals surface area (Å²) in [5.41, 5.74) is 1.88. The van der Waals surface area contributed by atoms with Crippen LogP contribution in [0.25, 0.3) is 0 Å². The highest BCUT2D eigenvalue weighted by Gasteiger charge is 2.20. The Morgan fingerprint density at radius 3 is 2.55 bits per heavy atom. The van der Waals surface area contributed by atoms with E-state index in [0.717, 1.165) is 24.2 Å². The minimum absolute atomic E-state index is 0.0720. The van der Waals surface area contributed by atoms with Crippen molar-refractivity contribution in [3.63, 3.8) is 0 Å². The second kappa shape index (κ2) is 6.75. The van der Waals surface area contributed by atoms with Crippen molar-refractivity contribution in [3.8, 4) is 0 Å². The lowest BCUT2D eigenvalue weighted by molar-refractivity contribution is 0.0368. The van der Waals surface area contributed by atoms with Crippen LogP contribution in [0.15, 0.2) is 18.2 Å². The molecule has 1 rings (SSSR count). The van der Waals surface area contributed by atoms with Gasteiger partial charge in [-0.25, -0.2) is 0 Å². The molecule has 0 aliphatic rings.